The van der Waals surface area contributed by atoms with Gasteiger partial charge in [0.2, 0.25) is 17.6 Å². The van der Waals surface area contributed by atoms with Crippen molar-refractivity contribution in [1.29, 1.82) is 0 Å². The average molecular weight is 376 g/mol. The number of rotatable bonds is 5. The Morgan fingerprint density at radius 3 is 2.61 bits per heavy atom. The first kappa shape index (κ1) is 18.2. The molecule has 0 unspecified atom stereocenters. The van der Waals surface area contributed by atoms with Crippen molar-refractivity contribution in [3.8, 4) is 0 Å². The number of nitrogens with one attached hydrogen (secondary N) is 2. The van der Waals surface area contributed by atoms with E-state index in [1.165, 1.54) is 0 Å². The molecule has 0 saturated heterocycles. The zero-order valence-corrected chi connectivity index (χ0v) is 16.2. The van der Waals surface area contributed by atoms with Crippen molar-refractivity contribution < 1.29 is 9.59 Å². The smallest absolute Gasteiger partial charge is 0.232 e. The number of carbonyl (C=O) groups excluding carboxylic acids is 2. The Labute approximate surface area is 164 Å². The van der Waals surface area contributed by atoms with E-state index in [1.54, 1.807) is 10.6 Å². The normalized spacial score (nSPS) is 13.2. The summed E-state index contributed by atoms with van der Waals surface area (Å²) in [5.41, 5.74) is 5.30. The molecule has 0 fully saturated rings. The number of ketones is 1. The predicted molar refractivity (Wildman–Crippen MR) is 108 cm³/mol. The number of benzene rings is 1. The first-order valence-electron chi connectivity index (χ1n) is 9.65. The van der Waals surface area contributed by atoms with Gasteiger partial charge in [-0.25, -0.2) is 4.98 Å². The summed E-state index contributed by atoms with van der Waals surface area (Å²) >= 11 is 0. The monoisotopic (exact) mass is 376 g/mol. The number of hydrogen-bond donors (Lipinski definition) is 2. The van der Waals surface area contributed by atoms with Gasteiger partial charge in [0.25, 0.3) is 0 Å². The van der Waals surface area contributed by atoms with Gasteiger partial charge in [-0.3, -0.25) is 14.9 Å². The second-order valence-corrected chi connectivity index (χ2v) is 7.41. The van der Waals surface area contributed by atoms with Crippen LogP contribution in [0.5, 0.6) is 0 Å². The maximum atomic E-state index is 12.7. The number of imidazole rings is 1. The molecular formula is C22H24N4O2. The third kappa shape index (κ3) is 3.63. The minimum Gasteiger partial charge on any atom is -0.344 e. The summed E-state index contributed by atoms with van der Waals surface area (Å²) in [7, 11) is 1.82. The molecule has 2 aromatic heterocycles. The van der Waals surface area contributed by atoms with Crippen LogP contribution in [-0.2, 0) is 31.1 Å². The summed E-state index contributed by atoms with van der Waals surface area (Å²) in [6.45, 7) is 1.99. The number of aromatic amines is 1. The molecular weight excluding hydrogens is 352 g/mol. The molecule has 1 aliphatic rings. The number of carbonyl (C=O) groups is 2. The van der Waals surface area contributed by atoms with E-state index in [2.05, 4.69) is 15.3 Å². The molecule has 2 heterocycles. The van der Waals surface area contributed by atoms with Crippen LogP contribution in [0.25, 0.3) is 0 Å². The maximum Gasteiger partial charge on any atom is 0.232 e. The van der Waals surface area contributed by atoms with Crippen molar-refractivity contribution in [3.63, 3.8) is 0 Å². The number of H-pyrrole nitrogens is 1. The Bertz CT molecular complexity index is 1000. The van der Waals surface area contributed by atoms with Gasteiger partial charge in [-0.15, -0.1) is 0 Å². The van der Waals surface area contributed by atoms with Crippen LogP contribution >= 0.6 is 0 Å². The molecule has 1 aliphatic carbocycles. The van der Waals surface area contributed by atoms with Crippen LogP contribution in [0, 0.1) is 6.92 Å². The molecule has 0 atom stereocenters. The first-order chi connectivity index (χ1) is 13.5. The average Bonchev–Trinajstić information content (AvgIpc) is 3.25. The molecule has 6 heteroatoms. The molecule has 0 bridgehead atoms. The van der Waals surface area contributed by atoms with Gasteiger partial charge in [-0.1, -0.05) is 29.8 Å². The number of amides is 1. The van der Waals surface area contributed by atoms with Gasteiger partial charge in [-0.05, 0) is 44.7 Å². The Kier molecular flexibility index (Phi) is 4.86. The lowest BCUT2D eigenvalue weighted by Crippen LogP contribution is -2.18. The van der Waals surface area contributed by atoms with Gasteiger partial charge in [0.1, 0.15) is 0 Å². The SMILES string of the molecule is Cc1ccc(C(=O)c2ccc(CC(=O)Nc3nc4c([nH]3)CCCC4)n2C)cc1. The second kappa shape index (κ2) is 7.46. The van der Waals surface area contributed by atoms with Crippen molar-refractivity contribution in [3.05, 3.63) is 70.3 Å². The fourth-order valence-electron chi connectivity index (χ4n) is 3.66. The molecule has 6 nitrogen and oxygen atoms in total. The van der Waals surface area contributed by atoms with Gasteiger partial charge in [-0.2, -0.15) is 0 Å². The zero-order valence-electron chi connectivity index (χ0n) is 16.2. The number of anilines is 1. The lowest BCUT2D eigenvalue weighted by Gasteiger charge is -2.08. The lowest BCUT2D eigenvalue weighted by molar-refractivity contribution is -0.115. The van der Waals surface area contributed by atoms with Crippen LogP contribution in [0.15, 0.2) is 36.4 Å². The summed E-state index contributed by atoms with van der Waals surface area (Å²) < 4.78 is 1.79. The largest absolute Gasteiger partial charge is 0.344 e. The molecule has 3 aromatic rings. The molecule has 0 aliphatic heterocycles. The van der Waals surface area contributed by atoms with Gasteiger partial charge < -0.3 is 9.55 Å². The molecule has 0 spiro atoms. The van der Waals surface area contributed by atoms with E-state index >= 15 is 0 Å². The number of aryl methyl sites for hydroxylation is 3. The van der Waals surface area contributed by atoms with Gasteiger partial charge in [0.15, 0.2) is 0 Å². The molecule has 0 saturated carbocycles. The summed E-state index contributed by atoms with van der Waals surface area (Å²) in [5, 5.41) is 2.85. The summed E-state index contributed by atoms with van der Waals surface area (Å²) in [6, 6.07) is 11.1. The molecule has 1 aromatic carbocycles. The fraction of sp³-hybridized carbons (Fsp3) is 0.318. The standard InChI is InChI=1S/C22H24N4O2/c1-14-7-9-15(10-8-14)21(28)19-12-11-16(26(19)2)13-20(27)25-22-23-17-5-3-4-6-18(17)24-22/h7-12H,3-6,13H2,1-2H3,(H2,23,24,25,27). The highest BCUT2D eigenvalue weighted by Gasteiger charge is 2.18. The van der Waals surface area contributed by atoms with Crippen molar-refractivity contribution in [1.82, 2.24) is 14.5 Å². The van der Waals surface area contributed by atoms with Gasteiger partial charge in [0, 0.05) is 24.0 Å². The van der Waals surface area contributed by atoms with E-state index in [1.807, 2.05) is 44.3 Å². The quantitative estimate of drug-likeness (QED) is 0.670. The highest BCUT2D eigenvalue weighted by Crippen LogP contribution is 2.21. The third-order valence-electron chi connectivity index (χ3n) is 5.33. The topological polar surface area (TPSA) is 79.8 Å². The summed E-state index contributed by atoms with van der Waals surface area (Å²) in [5.74, 6) is 0.316. The van der Waals surface area contributed by atoms with E-state index in [0.717, 1.165) is 48.3 Å². The van der Waals surface area contributed by atoms with Crippen LogP contribution in [-0.4, -0.2) is 26.2 Å². The van der Waals surface area contributed by atoms with Crippen LogP contribution in [0.4, 0.5) is 5.95 Å². The Hall–Kier alpha value is -3.15. The van der Waals surface area contributed by atoms with E-state index in [9.17, 15) is 9.59 Å². The first-order valence-corrected chi connectivity index (χ1v) is 9.65. The van der Waals surface area contributed by atoms with Crippen molar-refractivity contribution in [2.75, 3.05) is 5.32 Å². The zero-order chi connectivity index (χ0) is 19.7. The third-order valence-corrected chi connectivity index (χ3v) is 5.33. The van der Waals surface area contributed by atoms with Crippen molar-refractivity contribution in [2.45, 2.75) is 39.0 Å². The summed E-state index contributed by atoms with van der Waals surface area (Å²) in [4.78, 5) is 32.9. The van der Waals surface area contributed by atoms with Crippen LogP contribution in [0.3, 0.4) is 0 Å². The van der Waals surface area contributed by atoms with E-state index in [0.29, 0.717) is 17.2 Å². The molecule has 0 radical (unpaired) electrons. The van der Waals surface area contributed by atoms with Crippen molar-refractivity contribution >= 4 is 17.6 Å². The van der Waals surface area contributed by atoms with E-state index in [4.69, 9.17) is 0 Å². The fourth-order valence-corrected chi connectivity index (χ4v) is 3.66. The Balaban J connectivity index is 1.45. The number of aromatic nitrogens is 3. The molecule has 1 amide bonds. The summed E-state index contributed by atoms with van der Waals surface area (Å²) in [6.07, 6.45) is 4.43. The van der Waals surface area contributed by atoms with Crippen molar-refractivity contribution in [2.24, 2.45) is 7.05 Å². The molecule has 144 valence electrons. The van der Waals surface area contributed by atoms with Gasteiger partial charge in [0.05, 0.1) is 17.8 Å². The van der Waals surface area contributed by atoms with Gasteiger partial charge >= 0.3 is 0 Å². The molecule has 28 heavy (non-hydrogen) atoms. The number of hydrogen-bond acceptors (Lipinski definition) is 3. The number of fused-ring (bicyclic) bond motifs is 1. The Morgan fingerprint density at radius 1 is 1.11 bits per heavy atom. The van der Waals surface area contributed by atoms with Crippen LogP contribution in [0.2, 0.25) is 0 Å². The van der Waals surface area contributed by atoms with E-state index < -0.39 is 0 Å². The van der Waals surface area contributed by atoms with E-state index in [-0.39, 0.29) is 18.1 Å². The molecule has 2 N–H and O–H groups in total. The minimum atomic E-state index is -0.151. The minimum absolute atomic E-state index is 0.0483. The van der Waals surface area contributed by atoms with Crippen LogP contribution in [0.1, 0.15) is 51.5 Å². The predicted octanol–water partition coefficient (Wildman–Crippen LogP) is 3.35. The lowest BCUT2D eigenvalue weighted by atomic mass is 10.0. The molecule has 4 rings (SSSR count). The highest BCUT2D eigenvalue weighted by molar-refractivity contribution is 6.08. The maximum absolute atomic E-state index is 12.7. The Morgan fingerprint density at radius 2 is 1.86 bits per heavy atom. The number of nitrogens with zero attached hydrogens (tertiary/aromatic N) is 2. The van der Waals surface area contributed by atoms with Crippen LogP contribution < -0.4 is 5.32 Å². The highest BCUT2D eigenvalue weighted by atomic mass is 16.1. The second-order valence-electron chi connectivity index (χ2n) is 7.41.